The van der Waals surface area contributed by atoms with Gasteiger partial charge in [0.05, 0.1) is 10.0 Å². The monoisotopic (exact) mass is 297 g/mol. The summed E-state index contributed by atoms with van der Waals surface area (Å²) in [6.45, 7) is 0. The molecule has 0 atom stereocenters. The molecule has 1 fully saturated rings. The smallest absolute Gasteiger partial charge is 0.228 e. The van der Waals surface area contributed by atoms with Crippen LogP contribution in [0.5, 0.6) is 0 Å². The van der Waals surface area contributed by atoms with Gasteiger partial charge in [-0.25, -0.2) is 0 Å². The van der Waals surface area contributed by atoms with E-state index in [2.05, 4.69) is 10.1 Å². The molecule has 0 unspecified atom stereocenters. The fourth-order valence-corrected chi connectivity index (χ4v) is 2.49. The van der Waals surface area contributed by atoms with Crippen LogP contribution in [0, 0.1) is 0 Å². The van der Waals surface area contributed by atoms with Gasteiger partial charge in [0.25, 0.3) is 0 Å². The molecule has 2 N–H and O–H groups in total. The van der Waals surface area contributed by atoms with Crippen LogP contribution < -0.4 is 5.73 Å². The molecule has 4 nitrogen and oxygen atoms in total. The highest BCUT2D eigenvalue weighted by Gasteiger charge is 2.34. The number of halogens is 2. The van der Waals surface area contributed by atoms with Crippen molar-refractivity contribution in [2.24, 2.45) is 5.73 Å². The molecule has 1 aromatic heterocycles. The molecular formula is C13H13Cl2N3O. The third kappa shape index (κ3) is 2.61. The third-order valence-electron chi connectivity index (χ3n) is 3.50. The Kier molecular flexibility index (Phi) is 3.25. The summed E-state index contributed by atoms with van der Waals surface area (Å²) in [4.78, 5) is 4.36. The molecule has 2 aromatic rings. The minimum atomic E-state index is -0.165. The lowest BCUT2D eigenvalue weighted by molar-refractivity contribution is 0.222. The zero-order valence-corrected chi connectivity index (χ0v) is 11.7. The topological polar surface area (TPSA) is 64.9 Å². The predicted molar refractivity (Wildman–Crippen MR) is 74.2 cm³/mol. The van der Waals surface area contributed by atoms with Gasteiger partial charge in [-0.15, -0.1) is 0 Å². The quantitative estimate of drug-likeness (QED) is 0.942. The predicted octanol–water partition coefficient (Wildman–Crippen LogP) is 3.47. The van der Waals surface area contributed by atoms with E-state index in [4.69, 9.17) is 33.5 Å². The molecule has 1 aliphatic rings. The number of nitrogens with zero attached hydrogens (tertiary/aromatic N) is 2. The van der Waals surface area contributed by atoms with Crippen LogP contribution in [0.25, 0.3) is 11.4 Å². The molecular weight excluding hydrogens is 285 g/mol. The highest BCUT2D eigenvalue weighted by molar-refractivity contribution is 6.42. The summed E-state index contributed by atoms with van der Waals surface area (Å²) in [6, 6.07) is 5.25. The van der Waals surface area contributed by atoms with Crippen molar-refractivity contribution in [1.29, 1.82) is 0 Å². The molecule has 0 radical (unpaired) electrons. The van der Waals surface area contributed by atoms with Crippen LogP contribution in [-0.4, -0.2) is 15.7 Å². The van der Waals surface area contributed by atoms with Gasteiger partial charge in [-0.1, -0.05) is 28.4 Å². The van der Waals surface area contributed by atoms with Crippen LogP contribution >= 0.6 is 23.2 Å². The van der Waals surface area contributed by atoms with Gasteiger partial charge >= 0.3 is 0 Å². The Balaban J connectivity index is 1.82. The van der Waals surface area contributed by atoms with Gasteiger partial charge in [0.1, 0.15) is 0 Å². The number of benzene rings is 1. The van der Waals surface area contributed by atoms with Crippen molar-refractivity contribution in [2.45, 2.75) is 31.2 Å². The van der Waals surface area contributed by atoms with Gasteiger partial charge in [0, 0.05) is 17.5 Å². The Morgan fingerprint density at radius 1 is 1.26 bits per heavy atom. The Labute approximate surface area is 120 Å². The van der Waals surface area contributed by atoms with E-state index < -0.39 is 0 Å². The largest absolute Gasteiger partial charge is 0.339 e. The minimum Gasteiger partial charge on any atom is -0.339 e. The Morgan fingerprint density at radius 2 is 2.05 bits per heavy atom. The number of hydrogen-bond donors (Lipinski definition) is 1. The second-order valence-corrected chi connectivity index (χ2v) is 5.85. The highest BCUT2D eigenvalue weighted by Crippen LogP contribution is 2.32. The van der Waals surface area contributed by atoms with Crippen molar-refractivity contribution < 1.29 is 4.52 Å². The zero-order chi connectivity index (χ0) is 13.5. The first kappa shape index (κ1) is 12.9. The molecule has 0 spiro atoms. The summed E-state index contributed by atoms with van der Waals surface area (Å²) in [5, 5.41) is 4.93. The van der Waals surface area contributed by atoms with Crippen molar-refractivity contribution in [2.75, 3.05) is 0 Å². The fourth-order valence-electron chi connectivity index (χ4n) is 2.19. The number of rotatable bonds is 3. The maximum absolute atomic E-state index is 6.16. The third-order valence-corrected chi connectivity index (χ3v) is 4.24. The SMILES string of the molecule is NC1(Cc2nc(-c3ccc(Cl)c(Cl)c3)no2)CCC1. The molecule has 0 aliphatic heterocycles. The summed E-state index contributed by atoms with van der Waals surface area (Å²) in [5.74, 6) is 1.08. The van der Waals surface area contributed by atoms with Crippen LogP contribution in [-0.2, 0) is 6.42 Å². The molecule has 0 amide bonds. The van der Waals surface area contributed by atoms with Gasteiger partial charge in [0.2, 0.25) is 11.7 Å². The maximum atomic E-state index is 6.16. The van der Waals surface area contributed by atoms with Crippen LogP contribution in [0.2, 0.25) is 10.0 Å². The summed E-state index contributed by atoms with van der Waals surface area (Å²) in [7, 11) is 0. The van der Waals surface area contributed by atoms with E-state index in [0.29, 0.717) is 28.2 Å². The Hall–Kier alpha value is -1.10. The van der Waals surface area contributed by atoms with Crippen LogP contribution in [0.1, 0.15) is 25.2 Å². The zero-order valence-electron chi connectivity index (χ0n) is 10.2. The second-order valence-electron chi connectivity index (χ2n) is 5.03. The van der Waals surface area contributed by atoms with Gasteiger partial charge in [-0.3, -0.25) is 0 Å². The lowest BCUT2D eigenvalue weighted by Gasteiger charge is -2.36. The molecule has 19 heavy (non-hydrogen) atoms. The maximum Gasteiger partial charge on any atom is 0.228 e. The Morgan fingerprint density at radius 3 is 2.68 bits per heavy atom. The lowest BCUT2D eigenvalue weighted by atomic mass is 9.75. The van der Waals surface area contributed by atoms with Crippen LogP contribution in [0.3, 0.4) is 0 Å². The number of hydrogen-bond acceptors (Lipinski definition) is 4. The molecule has 3 rings (SSSR count). The summed E-state index contributed by atoms with van der Waals surface area (Å²) in [6.07, 6.45) is 3.82. The molecule has 1 aromatic carbocycles. The average molecular weight is 298 g/mol. The van der Waals surface area contributed by atoms with Gasteiger partial charge in [-0.05, 0) is 37.5 Å². The Bertz CT molecular complexity index is 608. The molecule has 0 saturated heterocycles. The van der Waals surface area contributed by atoms with E-state index in [-0.39, 0.29) is 5.54 Å². The molecule has 1 saturated carbocycles. The van der Waals surface area contributed by atoms with Crippen LogP contribution in [0.4, 0.5) is 0 Å². The standard InChI is InChI=1S/C13H13Cl2N3O/c14-9-3-2-8(6-10(9)15)12-17-11(19-18-12)7-13(16)4-1-5-13/h2-3,6H,1,4-5,7,16H2. The van der Waals surface area contributed by atoms with Gasteiger partial charge in [0.15, 0.2) is 0 Å². The van der Waals surface area contributed by atoms with E-state index in [1.54, 1.807) is 12.1 Å². The molecule has 1 aliphatic carbocycles. The van der Waals surface area contributed by atoms with E-state index in [1.807, 2.05) is 6.07 Å². The number of nitrogens with two attached hydrogens (primary N) is 1. The van der Waals surface area contributed by atoms with Gasteiger partial charge < -0.3 is 10.3 Å². The highest BCUT2D eigenvalue weighted by atomic mass is 35.5. The molecule has 6 heteroatoms. The van der Waals surface area contributed by atoms with Crippen molar-refractivity contribution in [1.82, 2.24) is 10.1 Å². The van der Waals surface area contributed by atoms with Gasteiger partial charge in [-0.2, -0.15) is 4.98 Å². The minimum absolute atomic E-state index is 0.165. The summed E-state index contributed by atoms with van der Waals surface area (Å²) >= 11 is 11.8. The molecule has 1 heterocycles. The molecule has 0 bridgehead atoms. The second kappa shape index (κ2) is 4.78. The first-order valence-electron chi connectivity index (χ1n) is 6.13. The summed E-state index contributed by atoms with van der Waals surface area (Å²) in [5.41, 5.74) is 6.78. The first-order valence-corrected chi connectivity index (χ1v) is 6.88. The van der Waals surface area contributed by atoms with Crippen molar-refractivity contribution in [3.8, 4) is 11.4 Å². The summed E-state index contributed by atoms with van der Waals surface area (Å²) < 4.78 is 5.24. The van der Waals surface area contributed by atoms with Crippen LogP contribution in [0.15, 0.2) is 22.7 Å². The average Bonchev–Trinajstić information content (AvgIpc) is 2.79. The fraction of sp³-hybridized carbons (Fsp3) is 0.385. The van der Waals surface area contributed by atoms with Crippen molar-refractivity contribution >= 4 is 23.2 Å². The van der Waals surface area contributed by atoms with E-state index in [1.165, 1.54) is 6.42 Å². The van der Waals surface area contributed by atoms with E-state index >= 15 is 0 Å². The van der Waals surface area contributed by atoms with E-state index in [9.17, 15) is 0 Å². The normalized spacial score (nSPS) is 17.2. The van der Waals surface area contributed by atoms with Crippen molar-refractivity contribution in [3.05, 3.63) is 34.1 Å². The molecule has 100 valence electrons. The van der Waals surface area contributed by atoms with E-state index in [0.717, 1.165) is 18.4 Å². The lowest BCUT2D eigenvalue weighted by Crippen LogP contribution is -2.48. The first-order chi connectivity index (χ1) is 9.06. The van der Waals surface area contributed by atoms with Crippen molar-refractivity contribution in [3.63, 3.8) is 0 Å². The number of aromatic nitrogens is 2.